The number of nitrogens with zero attached hydrogens (tertiary/aromatic N) is 1. The average Bonchev–Trinajstić information content (AvgIpc) is 3.01. The van der Waals surface area contributed by atoms with Crippen LogP contribution in [-0.4, -0.2) is 144 Å². The molecule has 0 aliphatic heterocycles. The lowest BCUT2D eigenvalue weighted by molar-refractivity contribution is -0.150. The standard InChI is InChI=1S/C25H32I3N3O15/c1-11(35)31(4-14(38)10-46-17(41)7-34)23-21(27)18(24(42)29-2-12(36)8-44-15(39)5-32)20(26)19(22(23)28)25(43)30-3-13(37)9-45-16(40)6-33/h12-14,32-34,36-38H,2-10H2,1H3,(H,29,42)(H,30,43). The number of esters is 3. The van der Waals surface area contributed by atoms with Gasteiger partial charge in [-0.3, -0.25) is 14.4 Å². The van der Waals surface area contributed by atoms with Gasteiger partial charge in [0.2, 0.25) is 5.91 Å². The van der Waals surface area contributed by atoms with Crippen LogP contribution in [0.25, 0.3) is 0 Å². The van der Waals surface area contributed by atoms with E-state index in [1.165, 1.54) is 0 Å². The van der Waals surface area contributed by atoms with Gasteiger partial charge in [0.15, 0.2) is 0 Å². The van der Waals surface area contributed by atoms with Crippen molar-refractivity contribution in [2.24, 2.45) is 0 Å². The van der Waals surface area contributed by atoms with E-state index in [0.29, 0.717) is 0 Å². The summed E-state index contributed by atoms with van der Waals surface area (Å²) in [4.78, 5) is 74.4. The molecule has 258 valence electrons. The van der Waals surface area contributed by atoms with Crippen LogP contribution in [-0.2, 0) is 33.4 Å². The van der Waals surface area contributed by atoms with Crippen molar-refractivity contribution in [2.75, 3.05) is 64.2 Å². The first kappa shape index (κ1) is 42.0. The van der Waals surface area contributed by atoms with Gasteiger partial charge >= 0.3 is 17.9 Å². The second-order valence-electron chi connectivity index (χ2n) is 9.08. The van der Waals surface area contributed by atoms with Gasteiger partial charge in [-0.05, 0) is 67.8 Å². The number of carbonyl (C=O) groups excluding carboxylic acids is 6. The molecule has 21 heteroatoms. The van der Waals surface area contributed by atoms with Gasteiger partial charge in [0, 0.05) is 23.6 Å². The quantitative estimate of drug-likeness (QED) is 0.0414. The van der Waals surface area contributed by atoms with E-state index in [9.17, 15) is 44.1 Å². The zero-order chi connectivity index (χ0) is 35.1. The van der Waals surface area contributed by atoms with E-state index in [0.717, 1.165) is 11.8 Å². The minimum atomic E-state index is -1.46. The summed E-state index contributed by atoms with van der Waals surface area (Å²) in [7, 11) is 0. The number of aliphatic hydroxyl groups is 6. The maximum absolute atomic E-state index is 13.4. The van der Waals surface area contributed by atoms with Crippen molar-refractivity contribution in [3.05, 3.63) is 21.8 Å². The molecule has 0 saturated carbocycles. The monoisotopic (exact) mass is 995 g/mol. The predicted octanol–water partition coefficient (Wildman–Crippen LogP) is -3.00. The fourth-order valence-electron chi connectivity index (χ4n) is 3.35. The molecule has 0 saturated heterocycles. The van der Waals surface area contributed by atoms with Gasteiger partial charge in [0.1, 0.15) is 58.0 Å². The van der Waals surface area contributed by atoms with Gasteiger partial charge in [-0.25, -0.2) is 14.4 Å². The van der Waals surface area contributed by atoms with Crippen LogP contribution >= 0.6 is 67.8 Å². The molecule has 46 heavy (non-hydrogen) atoms. The molecule has 18 nitrogen and oxygen atoms in total. The lowest BCUT2D eigenvalue weighted by atomic mass is 10.1. The Morgan fingerprint density at radius 3 is 1.33 bits per heavy atom. The van der Waals surface area contributed by atoms with Crippen LogP contribution in [0.1, 0.15) is 27.6 Å². The fourth-order valence-corrected chi connectivity index (χ4v) is 8.08. The summed E-state index contributed by atoms with van der Waals surface area (Å²) >= 11 is 5.23. The van der Waals surface area contributed by atoms with Gasteiger partial charge in [0.25, 0.3) is 11.8 Å². The minimum absolute atomic E-state index is 0.00630. The Kier molecular flexibility index (Phi) is 19.2. The Bertz CT molecular complexity index is 1210. The highest BCUT2D eigenvalue weighted by Gasteiger charge is 2.32. The molecule has 0 bridgehead atoms. The second-order valence-corrected chi connectivity index (χ2v) is 12.3. The van der Waals surface area contributed by atoms with Crippen LogP contribution in [0.4, 0.5) is 5.69 Å². The lowest BCUT2D eigenvalue weighted by Crippen LogP contribution is -2.41. The number of ether oxygens (including phenoxy) is 3. The molecule has 1 aromatic carbocycles. The topological polar surface area (TPSA) is 279 Å². The molecule has 1 rings (SSSR count). The number of hydrogen-bond acceptors (Lipinski definition) is 15. The van der Waals surface area contributed by atoms with Crippen LogP contribution in [0.2, 0.25) is 0 Å². The van der Waals surface area contributed by atoms with E-state index in [1.54, 1.807) is 67.8 Å². The van der Waals surface area contributed by atoms with Crippen LogP contribution in [0.3, 0.4) is 0 Å². The number of amides is 3. The molecular weight excluding hydrogens is 963 g/mol. The Labute approximate surface area is 302 Å². The first-order valence-corrected chi connectivity index (χ1v) is 16.2. The molecule has 0 radical (unpaired) electrons. The van der Waals surface area contributed by atoms with Crippen LogP contribution in [0.15, 0.2) is 0 Å². The summed E-state index contributed by atoms with van der Waals surface area (Å²) in [5.74, 6) is -5.32. The van der Waals surface area contributed by atoms with E-state index in [4.69, 9.17) is 20.1 Å². The number of anilines is 1. The first-order valence-electron chi connectivity index (χ1n) is 13.0. The number of aliphatic hydroxyl groups excluding tert-OH is 6. The molecular formula is C25H32I3N3O15. The Morgan fingerprint density at radius 1 is 0.652 bits per heavy atom. The number of rotatable bonds is 18. The largest absolute Gasteiger partial charge is 0.461 e. The van der Waals surface area contributed by atoms with E-state index in [-0.39, 0.29) is 27.5 Å². The molecule has 3 atom stereocenters. The number of nitrogens with one attached hydrogen (secondary N) is 2. The van der Waals surface area contributed by atoms with Crippen molar-refractivity contribution in [1.29, 1.82) is 0 Å². The van der Waals surface area contributed by atoms with Crippen molar-refractivity contribution in [2.45, 2.75) is 25.2 Å². The molecule has 0 aliphatic rings. The Hall–Kier alpha value is -2.01. The third kappa shape index (κ3) is 13.2. The van der Waals surface area contributed by atoms with Gasteiger partial charge in [0.05, 0.1) is 30.5 Å². The molecule has 3 unspecified atom stereocenters. The molecule has 0 fully saturated rings. The van der Waals surface area contributed by atoms with E-state index in [2.05, 4.69) is 20.1 Å². The number of halogens is 3. The number of benzene rings is 1. The van der Waals surface area contributed by atoms with E-state index >= 15 is 0 Å². The zero-order valence-electron chi connectivity index (χ0n) is 24.0. The predicted molar refractivity (Wildman–Crippen MR) is 179 cm³/mol. The third-order valence-electron chi connectivity index (χ3n) is 5.49. The summed E-state index contributed by atoms with van der Waals surface area (Å²) in [6.07, 6.45) is -4.23. The molecule has 0 spiro atoms. The molecule has 0 heterocycles. The summed E-state index contributed by atoms with van der Waals surface area (Å²) in [6, 6.07) is 0. The molecule has 0 aromatic heterocycles. The van der Waals surface area contributed by atoms with Crippen LogP contribution < -0.4 is 15.5 Å². The maximum Gasteiger partial charge on any atom is 0.331 e. The third-order valence-corrected chi connectivity index (χ3v) is 8.66. The first-order chi connectivity index (χ1) is 21.6. The van der Waals surface area contributed by atoms with Gasteiger partial charge < -0.3 is 60.4 Å². The summed E-state index contributed by atoms with van der Waals surface area (Å²) in [5.41, 5.74) is -0.260. The van der Waals surface area contributed by atoms with Gasteiger partial charge in [-0.1, -0.05) is 0 Å². The SMILES string of the molecule is CC(=O)N(CC(O)COC(=O)CO)c1c(I)c(C(=O)NCC(O)COC(=O)CO)c(I)c(C(=O)NCC(O)COC(=O)CO)c1I. The summed E-state index contributed by atoms with van der Waals surface area (Å²) in [6.45, 7) is -4.67. The Morgan fingerprint density at radius 2 is 1.00 bits per heavy atom. The Balaban J connectivity index is 3.54. The average molecular weight is 995 g/mol. The molecule has 3 amide bonds. The normalized spacial score (nSPS) is 12.7. The maximum atomic E-state index is 13.4. The fraction of sp³-hybridized carbons (Fsp3) is 0.520. The highest BCUT2D eigenvalue weighted by atomic mass is 127. The van der Waals surface area contributed by atoms with Crippen LogP contribution in [0.5, 0.6) is 0 Å². The second kappa shape index (κ2) is 21.1. The zero-order valence-corrected chi connectivity index (χ0v) is 30.5. The van der Waals surface area contributed by atoms with Crippen molar-refractivity contribution in [3.8, 4) is 0 Å². The summed E-state index contributed by atoms with van der Waals surface area (Å²) < 4.78 is 14.3. The smallest absolute Gasteiger partial charge is 0.331 e. The molecule has 1 aromatic rings. The number of hydrogen-bond donors (Lipinski definition) is 8. The minimum Gasteiger partial charge on any atom is -0.461 e. The summed E-state index contributed by atoms with van der Waals surface area (Å²) in [5, 5.41) is 61.9. The van der Waals surface area contributed by atoms with Crippen molar-refractivity contribution < 1.29 is 73.6 Å². The highest BCUT2D eigenvalue weighted by molar-refractivity contribution is 14.1. The number of carbonyl (C=O) groups is 6. The van der Waals surface area contributed by atoms with Crippen molar-refractivity contribution >= 4 is 109 Å². The van der Waals surface area contributed by atoms with Crippen molar-refractivity contribution in [3.63, 3.8) is 0 Å². The van der Waals surface area contributed by atoms with Crippen molar-refractivity contribution in [1.82, 2.24) is 10.6 Å². The van der Waals surface area contributed by atoms with Crippen LogP contribution in [0, 0.1) is 10.7 Å². The van der Waals surface area contributed by atoms with Gasteiger partial charge in [-0.2, -0.15) is 0 Å². The lowest BCUT2D eigenvalue weighted by Gasteiger charge is -2.29. The highest BCUT2D eigenvalue weighted by Crippen LogP contribution is 2.38. The molecule has 0 aliphatic carbocycles. The van der Waals surface area contributed by atoms with Gasteiger partial charge in [-0.15, -0.1) is 0 Å². The molecule has 8 N–H and O–H groups in total. The van der Waals surface area contributed by atoms with E-state index < -0.39 is 113 Å². The van der Waals surface area contributed by atoms with E-state index in [1.807, 2.05) is 0 Å².